The molecule has 0 bridgehead atoms. The fraction of sp³-hybridized carbons (Fsp3) is 0.250. The number of anilines is 1. The highest BCUT2D eigenvalue weighted by atomic mass is 32.2. The fourth-order valence-corrected chi connectivity index (χ4v) is 2.85. The third kappa shape index (κ3) is 2.42. The number of amides is 1. The first kappa shape index (κ1) is 10.3. The molecule has 1 aliphatic heterocycles. The van der Waals surface area contributed by atoms with Gasteiger partial charge >= 0.3 is 0 Å². The predicted octanol–water partition coefficient (Wildman–Crippen LogP) is 3.07. The Kier molecular flexibility index (Phi) is 3.11. The van der Waals surface area contributed by atoms with E-state index in [9.17, 15) is 4.79 Å². The van der Waals surface area contributed by atoms with E-state index in [2.05, 4.69) is 11.9 Å². The molecule has 0 aliphatic carbocycles. The van der Waals surface area contributed by atoms with Gasteiger partial charge in [0.1, 0.15) is 0 Å². The molecule has 0 saturated carbocycles. The summed E-state index contributed by atoms with van der Waals surface area (Å²) >= 11 is 1.75. The van der Waals surface area contributed by atoms with Crippen molar-refractivity contribution in [3.8, 4) is 0 Å². The number of carbonyl (C=O) groups excluding carboxylic acids is 1. The molecule has 2 nitrogen and oxygen atoms in total. The second-order valence-corrected chi connectivity index (χ2v) is 4.85. The monoisotopic (exact) mass is 219 g/mol. The Hall–Kier alpha value is -1.22. The molecule has 3 heteroatoms. The fourth-order valence-electron chi connectivity index (χ4n) is 1.62. The topological polar surface area (TPSA) is 29.1 Å². The summed E-state index contributed by atoms with van der Waals surface area (Å²) in [5.41, 5.74) is 0.930. The van der Waals surface area contributed by atoms with Crippen molar-refractivity contribution < 1.29 is 4.79 Å². The highest BCUT2D eigenvalue weighted by Gasteiger charge is 2.20. The van der Waals surface area contributed by atoms with Crippen LogP contribution < -0.4 is 5.32 Å². The van der Waals surface area contributed by atoms with Crippen LogP contribution in [0, 0.1) is 0 Å². The smallest absolute Gasteiger partial charge is 0.225 e. The number of allylic oxidation sites excluding steroid dienone is 1. The summed E-state index contributed by atoms with van der Waals surface area (Å²) < 4.78 is 0. The van der Waals surface area contributed by atoms with Crippen molar-refractivity contribution in [1.29, 1.82) is 0 Å². The lowest BCUT2D eigenvalue weighted by atomic mass is 10.2. The second-order valence-electron chi connectivity index (χ2n) is 3.51. The Morgan fingerprint density at radius 2 is 2.33 bits per heavy atom. The van der Waals surface area contributed by atoms with Gasteiger partial charge in [0.15, 0.2) is 0 Å². The SMILES string of the molecule is C=CCC1CC(=O)Nc2ccccc2S1. The highest BCUT2D eigenvalue weighted by molar-refractivity contribution is 8.00. The Labute approximate surface area is 93.8 Å². The van der Waals surface area contributed by atoms with Gasteiger partial charge in [-0.1, -0.05) is 18.2 Å². The zero-order valence-corrected chi connectivity index (χ0v) is 9.22. The molecule has 1 atom stereocenters. The number of benzene rings is 1. The molecule has 78 valence electrons. The van der Waals surface area contributed by atoms with Crippen molar-refractivity contribution in [2.45, 2.75) is 23.0 Å². The maximum absolute atomic E-state index is 11.6. The summed E-state index contributed by atoms with van der Waals surface area (Å²) in [4.78, 5) is 12.7. The Morgan fingerprint density at radius 1 is 1.53 bits per heavy atom. The number of fused-ring (bicyclic) bond motifs is 1. The van der Waals surface area contributed by atoms with E-state index in [0.29, 0.717) is 11.7 Å². The van der Waals surface area contributed by atoms with E-state index < -0.39 is 0 Å². The minimum atomic E-state index is 0.0966. The minimum absolute atomic E-state index is 0.0966. The van der Waals surface area contributed by atoms with E-state index in [0.717, 1.165) is 17.0 Å². The molecule has 0 fully saturated rings. The maximum atomic E-state index is 11.6. The zero-order chi connectivity index (χ0) is 10.7. The largest absolute Gasteiger partial charge is 0.325 e. The molecular weight excluding hydrogens is 206 g/mol. The van der Waals surface area contributed by atoms with Gasteiger partial charge < -0.3 is 5.32 Å². The van der Waals surface area contributed by atoms with Gasteiger partial charge in [-0.05, 0) is 18.6 Å². The van der Waals surface area contributed by atoms with Crippen LogP contribution in [0.5, 0.6) is 0 Å². The number of thioether (sulfide) groups is 1. The van der Waals surface area contributed by atoms with Crippen LogP contribution in [0.1, 0.15) is 12.8 Å². The van der Waals surface area contributed by atoms with Crippen molar-refractivity contribution in [2.75, 3.05) is 5.32 Å². The van der Waals surface area contributed by atoms with Gasteiger partial charge in [-0.2, -0.15) is 0 Å². The molecule has 0 aromatic heterocycles. The summed E-state index contributed by atoms with van der Waals surface area (Å²) in [7, 11) is 0. The number of para-hydroxylation sites is 1. The van der Waals surface area contributed by atoms with Crippen molar-refractivity contribution in [3.05, 3.63) is 36.9 Å². The van der Waals surface area contributed by atoms with Gasteiger partial charge in [0.05, 0.1) is 5.69 Å². The molecule has 0 saturated heterocycles. The molecule has 1 amide bonds. The third-order valence-electron chi connectivity index (χ3n) is 2.30. The lowest BCUT2D eigenvalue weighted by Gasteiger charge is -2.09. The lowest BCUT2D eigenvalue weighted by Crippen LogP contribution is -2.14. The maximum Gasteiger partial charge on any atom is 0.225 e. The average molecular weight is 219 g/mol. The number of hydrogen-bond acceptors (Lipinski definition) is 2. The van der Waals surface area contributed by atoms with Gasteiger partial charge in [-0.25, -0.2) is 0 Å². The van der Waals surface area contributed by atoms with Crippen LogP contribution in [0.3, 0.4) is 0 Å². The predicted molar refractivity (Wildman–Crippen MR) is 64.1 cm³/mol. The molecule has 2 rings (SSSR count). The van der Waals surface area contributed by atoms with Crippen LogP contribution in [0.4, 0.5) is 5.69 Å². The molecule has 0 radical (unpaired) electrons. The van der Waals surface area contributed by atoms with E-state index in [1.54, 1.807) is 11.8 Å². The van der Waals surface area contributed by atoms with Crippen LogP contribution in [0.15, 0.2) is 41.8 Å². The van der Waals surface area contributed by atoms with Crippen LogP contribution in [-0.2, 0) is 4.79 Å². The first-order valence-electron chi connectivity index (χ1n) is 4.96. The Balaban J connectivity index is 2.27. The van der Waals surface area contributed by atoms with Crippen molar-refractivity contribution >= 4 is 23.4 Å². The van der Waals surface area contributed by atoms with Gasteiger partial charge in [0, 0.05) is 16.6 Å². The number of carbonyl (C=O) groups is 1. The minimum Gasteiger partial charge on any atom is -0.325 e. The van der Waals surface area contributed by atoms with E-state index >= 15 is 0 Å². The summed E-state index contributed by atoms with van der Waals surface area (Å²) in [6, 6.07) is 7.92. The molecule has 1 aromatic carbocycles. The highest BCUT2D eigenvalue weighted by Crippen LogP contribution is 2.36. The van der Waals surface area contributed by atoms with Gasteiger partial charge in [-0.3, -0.25) is 4.79 Å². The average Bonchev–Trinajstić information content (AvgIpc) is 2.35. The van der Waals surface area contributed by atoms with Gasteiger partial charge in [0.2, 0.25) is 5.91 Å². The molecule has 1 heterocycles. The summed E-state index contributed by atoms with van der Waals surface area (Å²) in [5, 5.41) is 3.23. The van der Waals surface area contributed by atoms with Crippen molar-refractivity contribution in [2.24, 2.45) is 0 Å². The Bertz CT molecular complexity index is 389. The number of rotatable bonds is 2. The van der Waals surface area contributed by atoms with Crippen molar-refractivity contribution in [3.63, 3.8) is 0 Å². The van der Waals surface area contributed by atoms with Crippen molar-refractivity contribution in [1.82, 2.24) is 0 Å². The quantitative estimate of drug-likeness (QED) is 0.774. The summed E-state index contributed by atoms with van der Waals surface area (Å²) in [6.45, 7) is 3.72. The van der Waals surface area contributed by atoms with Crippen LogP contribution in [0.2, 0.25) is 0 Å². The lowest BCUT2D eigenvalue weighted by molar-refractivity contribution is -0.116. The van der Waals surface area contributed by atoms with Gasteiger partial charge in [0.25, 0.3) is 0 Å². The second kappa shape index (κ2) is 4.53. The van der Waals surface area contributed by atoms with Crippen LogP contribution in [0.25, 0.3) is 0 Å². The standard InChI is InChI=1S/C12H13NOS/c1-2-5-9-8-12(14)13-10-6-3-4-7-11(10)15-9/h2-4,6-7,9H,1,5,8H2,(H,13,14). The summed E-state index contributed by atoms with van der Waals surface area (Å²) in [5.74, 6) is 0.0966. The van der Waals surface area contributed by atoms with Crippen LogP contribution >= 0.6 is 11.8 Å². The molecule has 1 aromatic rings. The first-order chi connectivity index (χ1) is 7.29. The summed E-state index contributed by atoms with van der Waals surface area (Å²) in [6.07, 6.45) is 3.30. The molecule has 1 N–H and O–H groups in total. The normalized spacial score (nSPS) is 20.0. The first-order valence-corrected chi connectivity index (χ1v) is 5.84. The van der Waals surface area contributed by atoms with E-state index in [-0.39, 0.29) is 5.91 Å². The molecule has 15 heavy (non-hydrogen) atoms. The third-order valence-corrected chi connectivity index (χ3v) is 3.60. The molecule has 1 aliphatic rings. The Morgan fingerprint density at radius 3 is 3.13 bits per heavy atom. The van der Waals surface area contributed by atoms with E-state index in [4.69, 9.17) is 0 Å². The van der Waals surface area contributed by atoms with E-state index in [1.807, 2.05) is 30.3 Å². The number of hydrogen-bond donors (Lipinski definition) is 1. The zero-order valence-electron chi connectivity index (χ0n) is 8.40. The molecular formula is C12H13NOS. The van der Waals surface area contributed by atoms with Gasteiger partial charge in [-0.15, -0.1) is 18.3 Å². The molecule has 1 unspecified atom stereocenters. The molecule has 0 spiro atoms. The van der Waals surface area contributed by atoms with E-state index in [1.165, 1.54) is 0 Å². The van der Waals surface area contributed by atoms with Crippen LogP contribution in [-0.4, -0.2) is 11.2 Å². The number of nitrogens with one attached hydrogen (secondary N) is 1.